The standard InChI is InChI=1S/C11H12BrF3N2O2/c1-2-19-9(18)3-4-16-10-8(11(13,14)15)5-7(12)6-17-10/h5-6H,2-4H2,1H3,(H,16,17). The first-order valence-corrected chi connectivity index (χ1v) is 6.26. The molecule has 0 radical (unpaired) electrons. The Morgan fingerprint density at radius 3 is 2.79 bits per heavy atom. The van der Waals surface area contributed by atoms with Crippen LogP contribution in [0.3, 0.4) is 0 Å². The van der Waals surface area contributed by atoms with Crippen molar-refractivity contribution in [3.8, 4) is 0 Å². The normalized spacial score (nSPS) is 11.2. The lowest BCUT2D eigenvalue weighted by molar-refractivity contribution is -0.142. The van der Waals surface area contributed by atoms with Crippen LogP contribution in [0.5, 0.6) is 0 Å². The van der Waals surface area contributed by atoms with E-state index in [0.29, 0.717) is 0 Å². The van der Waals surface area contributed by atoms with Crippen LogP contribution in [0.1, 0.15) is 18.9 Å². The van der Waals surface area contributed by atoms with E-state index in [1.54, 1.807) is 6.92 Å². The summed E-state index contributed by atoms with van der Waals surface area (Å²) in [4.78, 5) is 14.7. The van der Waals surface area contributed by atoms with E-state index in [2.05, 4.69) is 31.0 Å². The molecule has 0 spiro atoms. The maximum atomic E-state index is 12.7. The largest absolute Gasteiger partial charge is 0.466 e. The molecule has 0 bridgehead atoms. The topological polar surface area (TPSA) is 51.2 Å². The summed E-state index contributed by atoms with van der Waals surface area (Å²) >= 11 is 2.94. The number of carbonyl (C=O) groups is 1. The third-order valence-electron chi connectivity index (χ3n) is 2.09. The second-order valence-electron chi connectivity index (χ2n) is 3.53. The van der Waals surface area contributed by atoms with Crippen molar-refractivity contribution in [3.63, 3.8) is 0 Å². The van der Waals surface area contributed by atoms with Crippen LogP contribution in [0.15, 0.2) is 16.7 Å². The number of nitrogens with one attached hydrogen (secondary N) is 1. The number of anilines is 1. The average Bonchev–Trinajstić information content (AvgIpc) is 2.30. The lowest BCUT2D eigenvalue weighted by Crippen LogP contribution is -2.16. The first-order chi connectivity index (χ1) is 8.84. The van der Waals surface area contributed by atoms with Crippen molar-refractivity contribution in [2.75, 3.05) is 18.5 Å². The molecule has 1 rings (SSSR count). The molecule has 0 aliphatic heterocycles. The van der Waals surface area contributed by atoms with Crippen molar-refractivity contribution in [1.82, 2.24) is 4.98 Å². The van der Waals surface area contributed by atoms with Crippen molar-refractivity contribution in [3.05, 3.63) is 22.3 Å². The number of nitrogens with zero attached hydrogens (tertiary/aromatic N) is 1. The van der Waals surface area contributed by atoms with E-state index in [9.17, 15) is 18.0 Å². The van der Waals surface area contributed by atoms with E-state index in [1.807, 2.05) is 0 Å². The number of pyridine rings is 1. The van der Waals surface area contributed by atoms with Crippen molar-refractivity contribution >= 4 is 27.7 Å². The van der Waals surface area contributed by atoms with Gasteiger partial charge in [-0.2, -0.15) is 13.2 Å². The fraction of sp³-hybridized carbons (Fsp3) is 0.455. The van der Waals surface area contributed by atoms with Crippen molar-refractivity contribution in [2.45, 2.75) is 19.5 Å². The summed E-state index contributed by atoms with van der Waals surface area (Å²) in [7, 11) is 0. The summed E-state index contributed by atoms with van der Waals surface area (Å²) in [5.41, 5.74) is -0.884. The third kappa shape index (κ3) is 5.06. The quantitative estimate of drug-likeness (QED) is 0.836. The van der Waals surface area contributed by atoms with Gasteiger partial charge < -0.3 is 10.1 Å². The molecule has 0 aliphatic rings. The SMILES string of the molecule is CCOC(=O)CCNc1ncc(Br)cc1C(F)(F)F. The minimum atomic E-state index is -4.51. The highest BCUT2D eigenvalue weighted by molar-refractivity contribution is 9.10. The number of halogens is 4. The second-order valence-corrected chi connectivity index (χ2v) is 4.44. The molecule has 0 amide bonds. The lowest BCUT2D eigenvalue weighted by Gasteiger charge is -2.13. The molecule has 19 heavy (non-hydrogen) atoms. The van der Waals surface area contributed by atoms with E-state index in [0.717, 1.165) is 6.07 Å². The zero-order valence-corrected chi connectivity index (χ0v) is 11.6. The number of aromatic nitrogens is 1. The minimum absolute atomic E-state index is 0.0244. The van der Waals surface area contributed by atoms with Gasteiger partial charge in [-0.1, -0.05) is 0 Å². The Kier molecular flexibility index (Phi) is 5.59. The third-order valence-corrected chi connectivity index (χ3v) is 2.52. The molecule has 0 aromatic carbocycles. The van der Waals surface area contributed by atoms with Crippen LogP contribution < -0.4 is 5.32 Å². The van der Waals surface area contributed by atoms with Gasteiger partial charge in [-0.05, 0) is 28.9 Å². The molecule has 0 saturated heterocycles. The summed E-state index contributed by atoms with van der Waals surface area (Å²) in [6.45, 7) is 1.92. The molecule has 1 aromatic rings. The van der Waals surface area contributed by atoms with Crippen LogP contribution in [-0.2, 0) is 15.7 Å². The van der Waals surface area contributed by atoms with Crippen molar-refractivity contribution < 1.29 is 22.7 Å². The Labute approximate surface area is 116 Å². The second kappa shape index (κ2) is 6.74. The molecule has 0 saturated carbocycles. The van der Waals surface area contributed by atoms with Gasteiger partial charge in [0.05, 0.1) is 18.6 Å². The minimum Gasteiger partial charge on any atom is -0.466 e. The van der Waals surface area contributed by atoms with Crippen LogP contribution in [0, 0.1) is 0 Å². The van der Waals surface area contributed by atoms with Crippen LogP contribution in [0.4, 0.5) is 19.0 Å². The van der Waals surface area contributed by atoms with Gasteiger partial charge in [0.15, 0.2) is 0 Å². The van der Waals surface area contributed by atoms with Crippen LogP contribution in [-0.4, -0.2) is 24.1 Å². The molecule has 1 aromatic heterocycles. The van der Waals surface area contributed by atoms with Gasteiger partial charge in [-0.3, -0.25) is 4.79 Å². The number of carbonyl (C=O) groups excluding carboxylic acids is 1. The number of hydrogen-bond donors (Lipinski definition) is 1. The number of hydrogen-bond acceptors (Lipinski definition) is 4. The average molecular weight is 341 g/mol. The highest BCUT2D eigenvalue weighted by Gasteiger charge is 2.34. The van der Waals surface area contributed by atoms with Gasteiger partial charge in [-0.15, -0.1) is 0 Å². The summed E-state index contributed by atoms with van der Waals surface area (Å²) in [5, 5.41) is 2.48. The highest BCUT2D eigenvalue weighted by Crippen LogP contribution is 2.35. The Bertz CT molecular complexity index is 452. The maximum absolute atomic E-state index is 12.7. The molecular weight excluding hydrogens is 329 g/mol. The van der Waals surface area contributed by atoms with E-state index in [-0.39, 0.29) is 29.9 Å². The molecule has 0 atom stereocenters. The zero-order chi connectivity index (χ0) is 14.5. The number of esters is 1. The number of alkyl halides is 3. The lowest BCUT2D eigenvalue weighted by atomic mass is 10.2. The number of ether oxygens (including phenoxy) is 1. The molecular formula is C11H12BrF3N2O2. The highest BCUT2D eigenvalue weighted by atomic mass is 79.9. The van der Waals surface area contributed by atoms with Gasteiger partial charge in [0.25, 0.3) is 0 Å². The van der Waals surface area contributed by atoms with E-state index >= 15 is 0 Å². The summed E-state index contributed by atoms with van der Waals surface area (Å²) in [5.74, 6) is -0.777. The fourth-order valence-electron chi connectivity index (χ4n) is 1.31. The molecule has 0 fully saturated rings. The van der Waals surface area contributed by atoms with Crippen molar-refractivity contribution in [1.29, 1.82) is 0 Å². The Hall–Kier alpha value is -1.31. The van der Waals surface area contributed by atoms with Gasteiger partial charge in [0.1, 0.15) is 5.82 Å². The van der Waals surface area contributed by atoms with Gasteiger partial charge in [0, 0.05) is 17.2 Å². The molecule has 4 nitrogen and oxygen atoms in total. The summed E-state index contributed by atoms with van der Waals surface area (Å²) in [6, 6.07) is 0.930. The summed E-state index contributed by atoms with van der Waals surface area (Å²) < 4.78 is 43.1. The van der Waals surface area contributed by atoms with E-state index in [1.165, 1.54) is 6.20 Å². The van der Waals surface area contributed by atoms with Crippen LogP contribution in [0.25, 0.3) is 0 Å². The maximum Gasteiger partial charge on any atom is 0.419 e. The molecule has 106 valence electrons. The zero-order valence-electron chi connectivity index (χ0n) is 10.1. The first kappa shape index (κ1) is 15.7. The Morgan fingerprint density at radius 2 is 2.21 bits per heavy atom. The Morgan fingerprint density at radius 1 is 1.53 bits per heavy atom. The van der Waals surface area contributed by atoms with Gasteiger partial charge >= 0.3 is 12.1 Å². The molecule has 0 aliphatic carbocycles. The smallest absolute Gasteiger partial charge is 0.419 e. The fourth-order valence-corrected chi connectivity index (χ4v) is 1.64. The van der Waals surface area contributed by atoms with Crippen LogP contribution >= 0.6 is 15.9 Å². The molecule has 0 unspecified atom stereocenters. The monoisotopic (exact) mass is 340 g/mol. The van der Waals surface area contributed by atoms with Gasteiger partial charge in [0.2, 0.25) is 0 Å². The number of rotatable bonds is 5. The molecule has 8 heteroatoms. The Balaban J connectivity index is 2.71. The first-order valence-electron chi connectivity index (χ1n) is 5.46. The predicted octanol–water partition coefficient (Wildman–Crippen LogP) is 3.23. The predicted molar refractivity (Wildman–Crippen MR) is 66.7 cm³/mol. The summed E-state index contributed by atoms with van der Waals surface area (Å²) in [6.07, 6.45) is -3.28. The van der Waals surface area contributed by atoms with Crippen LogP contribution in [0.2, 0.25) is 0 Å². The van der Waals surface area contributed by atoms with Crippen molar-refractivity contribution in [2.24, 2.45) is 0 Å². The molecule has 1 N–H and O–H groups in total. The van der Waals surface area contributed by atoms with E-state index in [4.69, 9.17) is 0 Å². The van der Waals surface area contributed by atoms with Gasteiger partial charge in [-0.25, -0.2) is 4.98 Å². The molecule has 1 heterocycles. The van der Waals surface area contributed by atoms with E-state index < -0.39 is 17.7 Å².